The fourth-order valence-electron chi connectivity index (χ4n) is 3.80. The minimum absolute atomic E-state index is 0.104. The lowest BCUT2D eigenvalue weighted by atomic mass is 9.73. The first-order valence-corrected chi connectivity index (χ1v) is 10.4. The monoisotopic (exact) mass is 430 g/mol. The van der Waals surface area contributed by atoms with Gasteiger partial charge in [0.25, 0.3) is 6.47 Å². The predicted molar refractivity (Wildman–Crippen MR) is 114 cm³/mol. The predicted octanol–water partition coefficient (Wildman–Crippen LogP) is 2.71. The van der Waals surface area contributed by atoms with Gasteiger partial charge in [-0.25, -0.2) is 0 Å². The zero-order valence-electron chi connectivity index (χ0n) is 17.1. The first-order chi connectivity index (χ1) is 14.4. The van der Waals surface area contributed by atoms with E-state index in [2.05, 4.69) is 20.2 Å². The minimum atomic E-state index is -0.374. The summed E-state index contributed by atoms with van der Waals surface area (Å²) in [7, 11) is 0. The van der Waals surface area contributed by atoms with Gasteiger partial charge in [0.2, 0.25) is 5.91 Å². The molecule has 1 aliphatic heterocycles. The van der Waals surface area contributed by atoms with Gasteiger partial charge in [0.15, 0.2) is 0 Å². The van der Waals surface area contributed by atoms with Crippen molar-refractivity contribution in [3.8, 4) is 0 Å². The van der Waals surface area contributed by atoms with E-state index in [9.17, 15) is 4.79 Å². The average molecular weight is 431 g/mol. The number of carbonyl (C=O) groups is 2. The van der Waals surface area contributed by atoms with Crippen LogP contribution in [0.4, 0.5) is 0 Å². The van der Waals surface area contributed by atoms with E-state index in [0.29, 0.717) is 6.54 Å². The van der Waals surface area contributed by atoms with Crippen LogP contribution in [0.2, 0.25) is 5.02 Å². The number of nitrogens with one attached hydrogen (secondary N) is 1. The van der Waals surface area contributed by atoms with E-state index in [4.69, 9.17) is 21.5 Å². The Balaban J connectivity index is 0.000000806. The molecule has 1 saturated carbocycles. The maximum atomic E-state index is 13.1. The summed E-state index contributed by atoms with van der Waals surface area (Å²) < 4.78 is 0. The first-order valence-electron chi connectivity index (χ1n) is 10.0. The lowest BCUT2D eigenvalue weighted by molar-refractivity contribution is -0.142. The summed E-state index contributed by atoms with van der Waals surface area (Å²) in [5.74, 6) is 0.941. The molecule has 0 unspecified atom stereocenters. The molecule has 160 valence electrons. The van der Waals surface area contributed by atoms with Crippen molar-refractivity contribution >= 4 is 24.0 Å². The van der Waals surface area contributed by atoms with Crippen LogP contribution in [-0.2, 0) is 22.6 Å². The Morgan fingerprint density at radius 2 is 1.93 bits per heavy atom. The van der Waals surface area contributed by atoms with E-state index in [-0.39, 0.29) is 17.8 Å². The van der Waals surface area contributed by atoms with Crippen molar-refractivity contribution in [2.75, 3.05) is 19.6 Å². The third kappa shape index (κ3) is 6.00. The quantitative estimate of drug-likeness (QED) is 0.656. The van der Waals surface area contributed by atoms with Gasteiger partial charge >= 0.3 is 0 Å². The van der Waals surface area contributed by atoms with Crippen LogP contribution in [0.3, 0.4) is 0 Å². The molecule has 1 amide bonds. The fraction of sp³-hybridized carbons (Fsp3) is 0.455. The SMILES string of the molecule is Cc1cnc(CNC(=O)C2(Cc3ccc(Cl)cc3)CN(CC3CC3)C2)cn1.O=CO. The van der Waals surface area contributed by atoms with Crippen LogP contribution in [0.15, 0.2) is 36.7 Å². The van der Waals surface area contributed by atoms with Gasteiger partial charge in [-0.15, -0.1) is 0 Å². The molecule has 2 fully saturated rings. The van der Waals surface area contributed by atoms with E-state index in [1.54, 1.807) is 12.4 Å². The number of hydrogen-bond acceptors (Lipinski definition) is 5. The molecule has 2 N–H and O–H groups in total. The third-order valence-corrected chi connectivity index (χ3v) is 5.72. The summed E-state index contributed by atoms with van der Waals surface area (Å²) >= 11 is 6.01. The molecule has 1 aliphatic carbocycles. The molecule has 1 saturated heterocycles. The van der Waals surface area contributed by atoms with E-state index >= 15 is 0 Å². The maximum Gasteiger partial charge on any atom is 0.290 e. The maximum absolute atomic E-state index is 13.1. The number of aromatic nitrogens is 2. The molecular weight excluding hydrogens is 404 g/mol. The number of carboxylic acid groups (broad SMARTS) is 1. The Kier molecular flexibility index (Phi) is 7.39. The van der Waals surface area contributed by atoms with Crippen molar-refractivity contribution in [3.63, 3.8) is 0 Å². The number of halogens is 1. The highest BCUT2D eigenvalue weighted by molar-refractivity contribution is 6.30. The third-order valence-electron chi connectivity index (χ3n) is 5.47. The molecule has 4 rings (SSSR count). The first kappa shape index (κ1) is 22.2. The van der Waals surface area contributed by atoms with E-state index in [0.717, 1.165) is 53.9 Å². The zero-order valence-corrected chi connectivity index (χ0v) is 17.8. The van der Waals surface area contributed by atoms with Crippen LogP contribution in [0.25, 0.3) is 0 Å². The molecule has 7 nitrogen and oxygen atoms in total. The summed E-state index contributed by atoms with van der Waals surface area (Å²) in [5, 5.41) is 10.7. The van der Waals surface area contributed by atoms with E-state index in [1.807, 2.05) is 31.2 Å². The average Bonchev–Trinajstić information content (AvgIpc) is 3.52. The highest BCUT2D eigenvalue weighted by atomic mass is 35.5. The second-order valence-corrected chi connectivity index (χ2v) is 8.57. The van der Waals surface area contributed by atoms with Gasteiger partial charge in [0, 0.05) is 30.9 Å². The molecule has 1 aromatic heterocycles. The Morgan fingerprint density at radius 3 is 2.50 bits per heavy atom. The topological polar surface area (TPSA) is 95.4 Å². The molecule has 0 bridgehead atoms. The smallest absolute Gasteiger partial charge is 0.290 e. The Bertz CT molecular complexity index is 848. The van der Waals surface area contributed by atoms with Crippen LogP contribution < -0.4 is 5.32 Å². The van der Waals surface area contributed by atoms with Gasteiger partial charge in [-0.05, 0) is 49.8 Å². The number of hydrogen-bond donors (Lipinski definition) is 2. The van der Waals surface area contributed by atoms with Gasteiger partial charge < -0.3 is 15.3 Å². The molecule has 2 aliphatic rings. The summed E-state index contributed by atoms with van der Waals surface area (Å²) in [6.45, 7) is 4.82. The molecule has 8 heteroatoms. The van der Waals surface area contributed by atoms with Crippen molar-refractivity contribution in [3.05, 3.63) is 58.6 Å². The molecule has 0 spiro atoms. The van der Waals surface area contributed by atoms with Gasteiger partial charge in [0.1, 0.15) is 0 Å². The van der Waals surface area contributed by atoms with Crippen LogP contribution >= 0.6 is 11.6 Å². The normalized spacial score (nSPS) is 17.3. The van der Waals surface area contributed by atoms with Crippen LogP contribution in [0, 0.1) is 18.3 Å². The van der Waals surface area contributed by atoms with Crippen molar-refractivity contribution in [2.24, 2.45) is 11.3 Å². The van der Waals surface area contributed by atoms with E-state index in [1.165, 1.54) is 12.8 Å². The van der Waals surface area contributed by atoms with Crippen LogP contribution in [0.5, 0.6) is 0 Å². The second-order valence-electron chi connectivity index (χ2n) is 8.13. The van der Waals surface area contributed by atoms with E-state index < -0.39 is 0 Å². The molecule has 2 aromatic rings. The molecule has 30 heavy (non-hydrogen) atoms. The highest BCUT2D eigenvalue weighted by Gasteiger charge is 2.49. The number of rotatable bonds is 7. The summed E-state index contributed by atoms with van der Waals surface area (Å²) in [4.78, 5) is 32.4. The van der Waals surface area contributed by atoms with Crippen molar-refractivity contribution < 1.29 is 14.7 Å². The summed E-state index contributed by atoms with van der Waals surface area (Å²) in [6, 6.07) is 7.83. The van der Waals surface area contributed by atoms with Gasteiger partial charge in [-0.1, -0.05) is 23.7 Å². The highest BCUT2D eigenvalue weighted by Crippen LogP contribution is 2.39. The lowest BCUT2D eigenvalue weighted by Crippen LogP contribution is -2.64. The largest absolute Gasteiger partial charge is 0.483 e. The van der Waals surface area contributed by atoms with Crippen molar-refractivity contribution in [1.29, 1.82) is 0 Å². The van der Waals surface area contributed by atoms with Gasteiger partial charge in [-0.3, -0.25) is 19.6 Å². The fourth-order valence-corrected chi connectivity index (χ4v) is 3.93. The van der Waals surface area contributed by atoms with Crippen molar-refractivity contribution in [2.45, 2.75) is 32.7 Å². The molecule has 2 heterocycles. The number of nitrogens with zero attached hydrogens (tertiary/aromatic N) is 3. The van der Waals surface area contributed by atoms with Crippen LogP contribution in [-0.4, -0.2) is 52.0 Å². The second kappa shape index (κ2) is 10.00. The standard InChI is InChI=1S/C21H25ClN4O.CH2O2/c1-15-9-24-19(10-23-15)11-25-20(27)21(8-16-4-6-18(22)7-5-16)13-26(14-21)12-17-2-3-17;2-1-3/h4-7,9-10,17H,2-3,8,11-14H2,1H3,(H,25,27);1H,(H,2,3). The Morgan fingerprint density at radius 1 is 1.27 bits per heavy atom. The molecule has 1 aromatic carbocycles. The minimum Gasteiger partial charge on any atom is -0.483 e. The molecule has 0 atom stereocenters. The number of aryl methyl sites for hydroxylation is 1. The summed E-state index contributed by atoms with van der Waals surface area (Å²) in [5.41, 5.74) is 2.43. The van der Waals surface area contributed by atoms with Crippen molar-refractivity contribution in [1.82, 2.24) is 20.2 Å². The number of benzene rings is 1. The zero-order chi connectivity index (χ0) is 21.6. The number of likely N-dealkylation sites (tertiary alicyclic amines) is 1. The summed E-state index contributed by atoms with van der Waals surface area (Å²) in [6.07, 6.45) is 6.85. The number of carbonyl (C=O) groups excluding carboxylic acids is 1. The number of amides is 1. The lowest BCUT2D eigenvalue weighted by Gasteiger charge is -2.49. The van der Waals surface area contributed by atoms with Gasteiger partial charge in [-0.2, -0.15) is 0 Å². The van der Waals surface area contributed by atoms with Crippen LogP contribution in [0.1, 0.15) is 29.8 Å². The molecule has 0 radical (unpaired) electrons. The Hall–Kier alpha value is -2.51. The molecular formula is C22H27ClN4O3. The Labute approximate surface area is 181 Å². The van der Waals surface area contributed by atoms with Gasteiger partial charge in [0.05, 0.1) is 29.5 Å².